The van der Waals surface area contributed by atoms with Crippen LogP contribution in [0.15, 0.2) is 29.8 Å². The first-order chi connectivity index (χ1) is 10.2. The Morgan fingerprint density at radius 1 is 1.29 bits per heavy atom. The molecule has 114 valence electrons. The first-order valence-corrected chi connectivity index (χ1v) is 8.43. The molecule has 2 aromatic rings. The predicted molar refractivity (Wildman–Crippen MR) is 87.5 cm³/mol. The molecule has 0 aliphatic heterocycles. The van der Waals surface area contributed by atoms with Crippen molar-refractivity contribution in [2.24, 2.45) is 0 Å². The van der Waals surface area contributed by atoms with Crippen LogP contribution in [-0.2, 0) is 6.42 Å². The zero-order chi connectivity index (χ0) is 15.1. The van der Waals surface area contributed by atoms with Crippen molar-refractivity contribution in [3.05, 3.63) is 51.7 Å². The van der Waals surface area contributed by atoms with Gasteiger partial charge in [0, 0.05) is 11.4 Å². The Balaban J connectivity index is 2.01. The molecule has 21 heavy (non-hydrogen) atoms. The van der Waals surface area contributed by atoms with E-state index in [1.165, 1.54) is 10.4 Å². The van der Waals surface area contributed by atoms with Gasteiger partial charge in [0.05, 0.1) is 11.2 Å². The van der Waals surface area contributed by atoms with Crippen molar-refractivity contribution in [3.8, 4) is 0 Å². The molecule has 1 aromatic carbocycles. The first kappa shape index (κ1) is 16.1. The van der Waals surface area contributed by atoms with Gasteiger partial charge in [-0.25, -0.2) is 9.37 Å². The summed E-state index contributed by atoms with van der Waals surface area (Å²) in [5.41, 5.74) is 4.26. The standard InChI is InChI=1S/C17H23FN2S/c1-3-10-19-11-15(14-4-7-16(18)8-5-14)6-9-17-13(2)20-12-21-17/h4-5,7-8,12,15,19H,3,6,9-11H2,1-2H3. The molecule has 0 fully saturated rings. The molecule has 0 aliphatic rings. The predicted octanol–water partition coefficient (Wildman–Crippen LogP) is 4.31. The minimum Gasteiger partial charge on any atom is -0.316 e. The molecule has 0 aliphatic carbocycles. The lowest BCUT2D eigenvalue weighted by molar-refractivity contribution is 0.547. The molecular formula is C17H23FN2S. The highest BCUT2D eigenvalue weighted by Crippen LogP contribution is 2.24. The number of halogens is 1. The summed E-state index contributed by atoms with van der Waals surface area (Å²) in [7, 11) is 0. The largest absolute Gasteiger partial charge is 0.316 e. The van der Waals surface area contributed by atoms with Crippen LogP contribution in [0.3, 0.4) is 0 Å². The van der Waals surface area contributed by atoms with Gasteiger partial charge in [-0.1, -0.05) is 19.1 Å². The molecule has 4 heteroatoms. The van der Waals surface area contributed by atoms with Crippen molar-refractivity contribution >= 4 is 11.3 Å². The summed E-state index contributed by atoms with van der Waals surface area (Å²) in [5.74, 6) is 0.246. The van der Waals surface area contributed by atoms with Crippen molar-refractivity contribution in [1.29, 1.82) is 0 Å². The molecule has 1 aromatic heterocycles. The van der Waals surface area contributed by atoms with E-state index in [0.717, 1.165) is 38.0 Å². The lowest BCUT2D eigenvalue weighted by Crippen LogP contribution is -2.22. The van der Waals surface area contributed by atoms with Crippen LogP contribution in [-0.4, -0.2) is 18.1 Å². The van der Waals surface area contributed by atoms with E-state index in [4.69, 9.17) is 0 Å². The molecule has 0 bridgehead atoms. The fourth-order valence-corrected chi connectivity index (χ4v) is 3.24. The van der Waals surface area contributed by atoms with E-state index < -0.39 is 0 Å². The minimum absolute atomic E-state index is 0.169. The first-order valence-electron chi connectivity index (χ1n) is 7.55. The van der Waals surface area contributed by atoms with Crippen molar-refractivity contribution in [2.75, 3.05) is 13.1 Å². The van der Waals surface area contributed by atoms with Crippen LogP contribution in [0.1, 0.15) is 41.8 Å². The molecule has 2 rings (SSSR count). The maximum Gasteiger partial charge on any atom is 0.123 e. The van der Waals surface area contributed by atoms with E-state index in [9.17, 15) is 4.39 Å². The summed E-state index contributed by atoms with van der Waals surface area (Å²) in [6.45, 7) is 6.20. The molecule has 1 N–H and O–H groups in total. The van der Waals surface area contributed by atoms with Gasteiger partial charge in [0.15, 0.2) is 0 Å². The zero-order valence-corrected chi connectivity index (χ0v) is 13.5. The van der Waals surface area contributed by atoms with Gasteiger partial charge in [-0.15, -0.1) is 11.3 Å². The number of hydrogen-bond acceptors (Lipinski definition) is 3. The summed E-state index contributed by atoms with van der Waals surface area (Å²) < 4.78 is 13.1. The second-order valence-corrected chi connectivity index (χ2v) is 6.29. The van der Waals surface area contributed by atoms with E-state index in [1.807, 2.05) is 17.6 Å². The monoisotopic (exact) mass is 306 g/mol. The molecule has 0 spiro atoms. The minimum atomic E-state index is -0.169. The quantitative estimate of drug-likeness (QED) is 0.735. The van der Waals surface area contributed by atoms with Gasteiger partial charge >= 0.3 is 0 Å². The molecule has 1 heterocycles. The van der Waals surface area contributed by atoms with E-state index in [2.05, 4.69) is 24.1 Å². The Kier molecular flexibility index (Phi) is 6.33. The van der Waals surface area contributed by atoms with Gasteiger partial charge in [-0.3, -0.25) is 0 Å². The van der Waals surface area contributed by atoms with Crippen LogP contribution >= 0.6 is 11.3 Å². The lowest BCUT2D eigenvalue weighted by Gasteiger charge is -2.18. The third-order valence-corrected chi connectivity index (χ3v) is 4.72. The molecule has 2 nitrogen and oxygen atoms in total. The van der Waals surface area contributed by atoms with Gasteiger partial charge in [-0.05, 0) is 56.3 Å². The van der Waals surface area contributed by atoms with Gasteiger partial charge in [0.25, 0.3) is 0 Å². The van der Waals surface area contributed by atoms with Crippen LogP contribution in [0.5, 0.6) is 0 Å². The number of benzene rings is 1. The number of hydrogen-bond donors (Lipinski definition) is 1. The Bertz CT molecular complexity index is 536. The normalized spacial score (nSPS) is 12.5. The molecular weight excluding hydrogens is 283 g/mol. The average Bonchev–Trinajstić information content (AvgIpc) is 2.89. The van der Waals surface area contributed by atoms with Crippen molar-refractivity contribution < 1.29 is 4.39 Å². The van der Waals surface area contributed by atoms with Gasteiger partial charge in [0.1, 0.15) is 5.82 Å². The second kappa shape index (κ2) is 8.25. The van der Waals surface area contributed by atoms with E-state index in [1.54, 1.807) is 23.5 Å². The zero-order valence-electron chi connectivity index (χ0n) is 12.7. The van der Waals surface area contributed by atoms with E-state index >= 15 is 0 Å². The lowest BCUT2D eigenvalue weighted by atomic mass is 9.93. The molecule has 0 radical (unpaired) electrons. The average molecular weight is 306 g/mol. The van der Waals surface area contributed by atoms with E-state index in [0.29, 0.717) is 5.92 Å². The maximum absolute atomic E-state index is 13.1. The number of nitrogens with one attached hydrogen (secondary N) is 1. The molecule has 1 atom stereocenters. The second-order valence-electron chi connectivity index (χ2n) is 5.35. The summed E-state index contributed by atoms with van der Waals surface area (Å²) >= 11 is 1.73. The number of aryl methyl sites for hydroxylation is 2. The molecule has 1 unspecified atom stereocenters. The number of aromatic nitrogens is 1. The third-order valence-electron chi connectivity index (χ3n) is 3.72. The maximum atomic E-state index is 13.1. The highest BCUT2D eigenvalue weighted by Gasteiger charge is 2.13. The van der Waals surface area contributed by atoms with Gasteiger partial charge in [0.2, 0.25) is 0 Å². The molecule has 0 saturated carbocycles. The number of nitrogens with zero attached hydrogens (tertiary/aromatic N) is 1. The van der Waals surface area contributed by atoms with Crippen molar-refractivity contribution in [3.63, 3.8) is 0 Å². The molecule has 0 saturated heterocycles. The topological polar surface area (TPSA) is 24.9 Å². The Hall–Kier alpha value is -1.26. The number of thiazole rings is 1. The Morgan fingerprint density at radius 3 is 2.67 bits per heavy atom. The Morgan fingerprint density at radius 2 is 2.05 bits per heavy atom. The van der Waals surface area contributed by atoms with Gasteiger partial charge in [-0.2, -0.15) is 0 Å². The summed E-state index contributed by atoms with van der Waals surface area (Å²) in [4.78, 5) is 5.67. The molecule has 0 amide bonds. The fraction of sp³-hybridized carbons (Fsp3) is 0.471. The smallest absolute Gasteiger partial charge is 0.123 e. The fourth-order valence-electron chi connectivity index (χ4n) is 2.45. The summed E-state index contributed by atoms with van der Waals surface area (Å²) in [5, 5.41) is 3.49. The summed E-state index contributed by atoms with van der Waals surface area (Å²) in [6, 6.07) is 6.93. The van der Waals surface area contributed by atoms with Crippen LogP contribution in [0.2, 0.25) is 0 Å². The van der Waals surface area contributed by atoms with Crippen molar-refractivity contribution in [2.45, 2.75) is 39.0 Å². The van der Waals surface area contributed by atoms with Gasteiger partial charge < -0.3 is 5.32 Å². The van der Waals surface area contributed by atoms with Crippen LogP contribution in [0, 0.1) is 12.7 Å². The van der Waals surface area contributed by atoms with E-state index in [-0.39, 0.29) is 5.82 Å². The SMILES string of the molecule is CCCNCC(CCc1scnc1C)c1ccc(F)cc1. The van der Waals surface area contributed by atoms with Crippen LogP contribution < -0.4 is 5.32 Å². The Labute approximate surface area is 130 Å². The summed E-state index contributed by atoms with van der Waals surface area (Å²) in [6.07, 6.45) is 3.22. The highest BCUT2D eigenvalue weighted by atomic mass is 32.1. The van der Waals surface area contributed by atoms with Crippen molar-refractivity contribution in [1.82, 2.24) is 10.3 Å². The number of rotatable bonds is 8. The van der Waals surface area contributed by atoms with Crippen LogP contribution in [0.25, 0.3) is 0 Å². The van der Waals surface area contributed by atoms with Crippen LogP contribution in [0.4, 0.5) is 4.39 Å². The highest BCUT2D eigenvalue weighted by molar-refractivity contribution is 7.09. The third kappa shape index (κ3) is 4.90.